The first-order chi connectivity index (χ1) is 25.0. The number of allylic oxidation sites excluding steroid dienone is 1. The molecule has 0 bridgehead atoms. The molecule has 0 heterocycles. The van der Waals surface area contributed by atoms with Crippen LogP contribution in [0.5, 0.6) is 0 Å². The van der Waals surface area contributed by atoms with Crippen LogP contribution >= 0.6 is 0 Å². The number of rotatable bonds is 39. The van der Waals surface area contributed by atoms with E-state index in [1.54, 1.807) is 6.92 Å². The summed E-state index contributed by atoms with van der Waals surface area (Å²) in [5, 5.41) is 0. The fourth-order valence-corrected chi connectivity index (χ4v) is 17.8. The summed E-state index contributed by atoms with van der Waals surface area (Å²) in [7, 11) is -5.66. The van der Waals surface area contributed by atoms with E-state index in [1.165, 1.54) is 0 Å². The van der Waals surface area contributed by atoms with Gasteiger partial charge in [-0.15, -0.1) is 0 Å². The van der Waals surface area contributed by atoms with E-state index in [2.05, 4.69) is 59.3 Å². The molecule has 0 radical (unpaired) electrons. The van der Waals surface area contributed by atoms with E-state index in [9.17, 15) is 9.59 Å². The van der Waals surface area contributed by atoms with Crippen LogP contribution < -0.4 is 0 Å². The third-order valence-corrected chi connectivity index (χ3v) is 16.5. The molecule has 0 aliphatic heterocycles. The lowest BCUT2D eigenvalue weighted by atomic mass is 10.1. The largest absolute Gasteiger partial charge is 0.463 e. The number of ether oxygens (including phenoxy) is 10. The maximum absolute atomic E-state index is 11.5. The molecule has 0 amide bonds. The molecule has 0 fully saturated rings. The predicted molar refractivity (Wildman–Crippen MR) is 212 cm³/mol. The Labute approximate surface area is 323 Å². The summed E-state index contributed by atoms with van der Waals surface area (Å²) in [6.45, 7) is 31.7. The number of hydrogen-bond donors (Lipinski definition) is 0. The van der Waals surface area contributed by atoms with Crippen LogP contribution in [0.2, 0.25) is 51.9 Å². The van der Waals surface area contributed by atoms with E-state index in [-0.39, 0.29) is 31.8 Å². The molecule has 0 aromatic rings. The minimum absolute atomic E-state index is 0.0459. The van der Waals surface area contributed by atoms with Crippen LogP contribution in [0.4, 0.5) is 0 Å². The van der Waals surface area contributed by atoms with E-state index in [4.69, 9.17) is 55.6 Å². The SMILES string of the molecule is C=C(C)C(=O)CCC(=O)OCCOCCOCCOCCOCCOCCOCCOCCOCCOCC(C)C[Si](C)(O[Si](C)(C)C)O[Si](C)(C)C. The Morgan fingerprint density at radius 3 is 1.09 bits per heavy atom. The second-order valence-corrected chi connectivity index (χ2v) is 27.5. The molecule has 0 rings (SSSR count). The van der Waals surface area contributed by atoms with Crippen molar-refractivity contribution in [3.63, 3.8) is 0 Å². The fourth-order valence-electron chi connectivity index (χ4n) is 4.85. The molecule has 17 heteroatoms. The molecule has 0 aliphatic rings. The summed E-state index contributed by atoms with van der Waals surface area (Å²) in [5.41, 5.74) is 0.438. The van der Waals surface area contributed by atoms with Crippen molar-refractivity contribution in [2.24, 2.45) is 5.92 Å². The van der Waals surface area contributed by atoms with Gasteiger partial charge in [0.1, 0.15) is 6.61 Å². The minimum atomic E-state index is -2.26. The molecule has 0 aromatic heterocycles. The van der Waals surface area contributed by atoms with Crippen molar-refractivity contribution >= 4 is 36.9 Å². The third-order valence-electron chi connectivity index (χ3n) is 6.66. The molecule has 0 spiro atoms. The Kier molecular flexibility index (Phi) is 31.7. The zero-order chi connectivity index (χ0) is 39.9. The Bertz CT molecular complexity index is 914. The van der Waals surface area contributed by atoms with Crippen molar-refractivity contribution in [2.75, 3.05) is 126 Å². The number of carbonyl (C=O) groups excluding carboxylic acids is 2. The number of ketones is 1. The van der Waals surface area contributed by atoms with Gasteiger partial charge in [0.15, 0.2) is 22.4 Å². The van der Waals surface area contributed by atoms with Gasteiger partial charge in [0.25, 0.3) is 0 Å². The topological polar surface area (TPSA) is 145 Å². The van der Waals surface area contributed by atoms with Crippen molar-refractivity contribution in [1.82, 2.24) is 0 Å². The van der Waals surface area contributed by atoms with Gasteiger partial charge in [0.2, 0.25) is 0 Å². The molecular formula is C36H74O14Si3. The van der Waals surface area contributed by atoms with Gasteiger partial charge >= 0.3 is 14.5 Å². The zero-order valence-electron chi connectivity index (χ0n) is 34.6. The van der Waals surface area contributed by atoms with Gasteiger partial charge < -0.3 is 55.6 Å². The van der Waals surface area contributed by atoms with Gasteiger partial charge in [-0.1, -0.05) is 13.5 Å². The first kappa shape index (κ1) is 52.1. The lowest BCUT2D eigenvalue weighted by Crippen LogP contribution is -2.53. The average Bonchev–Trinajstić information content (AvgIpc) is 3.04. The standard InChI is InChI=1S/C36H74O14Si3/c1-33(2)35(37)11-12-36(38)48-30-29-46-26-25-44-22-21-42-18-17-40-14-13-39-15-16-41-19-20-43-23-24-45-27-28-47-31-34(3)32-53(10,49-51(4,5)6)50-52(7,8)9/h34H,1,11-32H2,2-10H3. The number of Topliss-reactive ketones (excluding diaryl/α,β-unsaturated/α-hetero) is 1. The number of esters is 1. The van der Waals surface area contributed by atoms with Crippen molar-refractivity contribution < 1.29 is 65.2 Å². The molecule has 14 nitrogen and oxygen atoms in total. The number of carbonyl (C=O) groups is 2. The van der Waals surface area contributed by atoms with E-state index in [0.717, 1.165) is 6.04 Å². The lowest BCUT2D eigenvalue weighted by Gasteiger charge is -2.39. The van der Waals surface area contributed by atoms with E-state index in [0.29, 0.717) is 124 Å². The Morgan fingerprint density at radius 2 is 0.792 bits per heavy atom. The van der Waals surface area contributed by atoms with Gasteiger partial charge in [-0.2, -0.15) is 0 Å². The lowest BCUT2D eigenvalue weighted by molar-refractivity contribution is -0.146. The monoisotopic (exact) mass is 814 g/mol. The van der Waals surface area contributed by atoms with Crippen molar-refractivity contribution in [3.8, 4) is 0 Å². The van der Waals surface area contributed by atoms with Gasteiger partial charge in [-0.3, -0.25) is 9.59 Å². The van der Waals surface area contributed by atoms with Crippen LogP contribution in [0.15, 0.2) is 12.2 Å². The quantitative estimate of drug-likeness (QED) is 0.0355. The van der Waals surface area contributed by atoms with Gasteiger partial charge in [0.05, 0.1) is 119 Å². The van der Waals surface area contributed by atoms with Crippen LogP contribution in [0.3, 0.4) is 0 Å². The van der Waals surface area contributed by atoms with Crippen LogP contribution in [-0.2, 0) is 65.2 Å². The Hall–Kier alpha value is -0.909. The first-order valence-corrected chi connectivity index (χ1v) is 28.3. The summed E-state index contributed by atoms with van der Waals surface area (Å²) in [6, 6.07) is 0.934. The molecule has 0 N–H and O–H groups in total. The Morgan fingerprint density at radius 1 is 0.491 bits per heavy atom. The van der Waals surface area contributed by atoms with E-state index >= 15 is 0 Å². The van der Waals surface area contributed by atoms with Crippen LogP contribution in [0.1, 0.15) is 26.7 Å². The van der Waals surface area contributed by atoms with Crippen molar-refractivity contribution in [3.05, 3.63) is 12.2 Å². The van der Waals surface area contributed by atoms with Crippen molar-refractivity contribution in [1.29, 1.82) is 0 Å². The highest BCUT2D eigenvalue weighted by Gasteiger charge is 2.41. The van der Waals surface area contributed by atoms with Gasteiger partial charge in [0, 0.05) is 13.0 Å². The zero-order valence-corrected chi connectivity index (χ0v) is 37.6. The molecule has 314 valence electrons. The molecule has 0 saturated carbocycles. The first-order valence-electron chi connectivity index (χ1n) is 19.0. The molecule has 0 aromatic carbocycles. The normalized spacial score (nSPS) is 13.0. The fraction of sp³-hybridized carbons (Fsp3) is 0.889. The smallest absolute Gasteiger partial charge is 0.314 e. The van der Waals surface area contributed by atoms with Crippen LogP contribution in [0.25, 0.3) is 0 Å². The molecule has 1 unspecified atom stereocenters. The average molecular weight is 815 g/mol. The predicted octanol–water partition coefficient (Wildman–Crippen LogP) is 5.02. The molecule has 0 aliphatic carbocycles. The molecule has 0 saturated heterocycles. The summed E-state index contributed by atoms with van der Waals surface area (Å²) < 4.78 is 68.0. The maximum atomic E-state index is 11.5. The third kappa shape index (κ3) is 37.8. The minimum Gasteiger partial charge on any atom is -0.463 e. The summed E-state index contributed by atoms with van der Waals surface area (Å²) >= 11 is 0. The highest BCUT2D eigenvalue weighted by atomic mass is 28.5. The second-order valence-electron chi connectivity index (χ2n) is 14.8. The number of hydrogen-bond acceptors (Lipinski definition) is 14. The second kappa shape index (κ2) is 32.2. The van der Waals surface area contributed by atoms with E-state index < -0.39 is 31.2 Å². The van der Waals surface area contributed by atoms with E-state index in [1.807, 2.05) is 0 Å². The molecule has 1 atom stereocenters. The highest BCUT2D eigenvalue weighted by molar-refractivity contribution is 6.87. The van der Waals surface area contributed by atoms with Crippen LogP contribution in [-0.4, -0.2) is 162 Å². The summed E-state index contributed by atoms with van der Waals surface area (Å²) in [5.74, 6) is -0.198. The van der Waals surface area contributed by atoms with Crippen molar-refractivity contribution in [2.45, 2.75) is 78.6 Å². The molecular weight excluding hydrogens is 741 g/mol. The highest BCUT2D eigenvalue weighted by Crippen LogP contribution is 2.27. The summed E-state index contributed by atoms with van der Waals surface area (Å²) in [4.78, 5) is 23.0. The summed E-state index contributed by atoms with van der Waals surface area (Å²) in [6.07, 6.45) is 0.160. The Balaban J connectivity index is 3.41. The van der Waals surface area contributed by atoms with Gasteiger partial charge in [-0.25, -0.2) is 0 Å². The molecule has 53 heavy (non-hydrogen) atoms. The maximum Gasteiger partial charge on any atom is 0.314 e. The van der Waals surface area contributed by atoms with Gasteiger partial charge in [-0.05, 0) is 70.3 Å². The van der Waals surface area contributed by atoms with Crippen LogP contribution in [0, 0.1) is 5.92 Å².